The number of nitrogen functional groups attached to an aromatic ring is 1. The molecule has 0 aliphatic heterocycles. The molecule has 0 unspecified atom stereocenters. The molecule has 6 nitrogen and oxygen atoms in total. The van der Waals surface area contributed by atoms with Crippen molar-refractivity contribution in [2.45, 2.75) is 4.90 Å². The van der Waals surface area contributed by atoms with Crippen LogP contribution in [0.2, 0.25) is 0 Å². The van der Waals surface area contributed by atoms with Crippen molar-refractivity contribution in [3.05, 3.63) is 48.0 Å². The van der Waals surface area contributed by atoms with Gasteiger partial charge in [0.25, 0.3) is 10.0 Å². The zero-order valence-corrected chi connectivity index (χ0v) is 10.9. The summed E-state index contributed by atoms with van der Waals surface area (Å²) in [6.45, 7) is 0. The molecular weight excluding hydrogens is 283 g/mol. The van der Waals surface area contributed by atoms with Crippen LogP contribution in [0.5, 0.6) is 0 Å². The first-order valence-electron chi connectivity index (χ1n) is 5.36. The standard InChI is InChI=1S/C12H9FN4O2S/c13-9-2-1-3-12(8(9)6-14)20(18,19)17-11-4-5-16-7-10(11)15/h1-5,7H,15H2,(H,16,17). The van der Waals surface area contributed by atoms with Gasteiger partial charge in [0.1, 0.15) is 22.3 Å². The largest absolute Gasteiger partial charge is 0.396 e. The van der Waals surface area contributed by atoms with Gasteiger partial charge in [-0.1, -0.05) is 6.07 Å². The number of hydrogen-bond donors (Lipinski definition) is 2. The van der Waals surface area contributed by atoms with E-state index in [1.807, 2.05) is 0 Å². The lowest BCUT2D eigenvalue weighted by Gasteiger charge is -2.11. The molecule has 0 radical (unpaired) electrons. The predicted molar refractivity (Wildman–Crippen MR) is 70.6 cm³/mol. The number of hydrogen-bond acceptors (Lipinski definition) is 5. The highest BCUT2D eigenvalue weighted by molar-refractivity contribution is 7.92. The maximum absolute atomic E-state index is 13.4. The maximum atomic E-state index is 13.4. The summed E-state index contributed by atoms with van der Waals surface area (Å²) in [6, 6.07) is 6.25. The Kier molecular flexibility index (Phi) is 3.54. The van der Waals surface area contributed by atoms with Gasteiger partial charge >= 0.3 is 0 Å². The minimum Gasteiger partial charge on any atom is -0.396 e. The van der Waals surface area contributed by atoms with Gasteiger partial charge in [-0.05, 0) is 18.2 Å². The van der Waals surface area contributed by atoms with E-state index in [4.69, 9.17) is 11.0 Å². The number of rotatable bonds is 3. The first-order chi connectivity index (χ1) is 9.45. The predicted octanol–water partition coefficient (Wildman–Crippen LogP) is 1.48. The minimum atomic E-state index is -4.12. The van der Waals surface area contributed by atoms with Crippen molar-refractivity contribution < 1.29 is 12.8 Å². The molecular formula is C12H9FN4O2S. The van der Waals surface area contributed by atoms with Crippen LogP contribution in [0.1, 0.15) is 5.56 Å². The molecule has 0 fully saturated rings. The van der Waals surface area contributed by atoms with Crippen molar-refractivity contribution >= 4 is 21.4 Å². The molecule has 3 N–H and O–H groups in total. The van der Waals surface area contributed by atoms with Gasteiger partial charge in [-0.2, -0.15) is 5.26 Å². The molecule has 0 spiro atoms. The van der Waals surface area contributed by atoms with E-state index in [1.54, 1.807) is 0 Å². The topological polar surface area (TPSA) is 109 Å². The lowest BCUT2D eigenvalue weighted by molar-refractivity contribution is 0.593. The van der Waals surface area contributed by atoms with Crippen LogP contribution in [0.3, 0.4) is 0 Å². The van der Waals surface area contributed by atoms with Gasteiger partial charge in [-0.15, -0.1) is 0 Å². The van der Waals surface area contributed by atoms with Crippen molar-refractivity contribution in [1.29, 1.82) is 5.26 Å². The van der Waals surface area contributed by atoms with E-state index >= 15 is 0 Å². The van der Waals surface area contributed by atoms with Gasteiger partial charge in [-0.25, -0.2) is 12.8 Å². The Morgan fingerprint density at radius 3 is 2.75 bits per heavy atom. The number of anilines is 2. The average molecular weight is 292 g/mol. The van der Waals surface area contributed by atoms with Crippen LogP contribution in [0, 0.1) is 17.1 Å². The molecule has 0 saturated heterocycles. The van der Waals surface area contributed by atoms with Gasteiger partial charge in [0.15, 0.2) is 0 Å². The summed E-state index contributed by atoms with van der Waals surface area (Å²) >= 11 is 0. The summed E-state index contributed by atoms with van der Waals surface area (Å²) in [6.07, 6.45) is 2.62. The van der Waals surface area contributed by atoms with E-state index in [2.05, 4.69) is 9.71 Å². The molecule has 20 heavy (non-hydrogen) atoms. The molecule has 0 saturated carbocycles. The highest BCUT2D eigenvalue weighted by Crippen LogP contribution is 2.23. The molecule has 2 aromatic rings. The highest BCUT2D eigenvalue weighted by Gasteiger charge is 2.21. The highest BCUT2D eigenvalue weighted by atomic mass is 32.2. The van der Waals surface area contributed by atoms with E-state index in [0.717, 1.165) is 12.1 Å². The van der Waals surface area contributed by atoms with Crippen LogP contribution in [0.4, 0.5) is 15.8 Å². The Labute approximate surface area is 114 Å². The van der Waals surface area contributed by atoms with E-state index < -0.39 is 26.3 Å². The fourth-order valence-electron chi connectivity index (χ4n) is 1.54. The van der Waals surface area contributed by atoms with Gasteiger partial charge < -0.3 is 5.73 Å². The molecule has 0 amide bonds. The number of sulfonamides is 1. The Bertz CT molecular complexity index is 799. The molecule has 0 aliphatic rings. The first kappa shape index (κ1) is 13.8. The van der Waals surface area contributed by atoms with Crippen LogP contribution in [0.15, 0.2) is 41.6 Å². The van der Waals surface area contributed by atoms with Crippen molar-refractivity contribution in [1.82, 2.24) is 4.98 Å². The smallest absolute Gasteiger partial charge is 0.263 e. The maximum Gasteiger partial charge on any atom is 0.263 e. The fourth-order valence-corrected chi connectivity index (χ4v) is 2.79. The molecule has 8 heteroatoms. The molecule has 1 aromatic heterocycles. The second-order valence-electron chi connectivity index (χ2n) is 3.79. The third-order valence-corrected chi connectivity index (χ3v) is 3.88. The summed E-state index contributed by atoms with van der Waals surface area (Å²) in [5, 5.41) is 8.87. The Morgan fingerprint density at radius 2 is 2.10 bits per heavy atom. The molecule has 102 valence electrons. The number of nitrogens with zero attached hydrogens (tertiary/aromatic N) is 2. The van der Waals surface area contributed by atoms with Gasteiger partial charge in [0.2, 0.25) is 0 Å². The fraction of sp³-hybridized carbons (Fsp3) is 0. The third-order valence-electron chi connectivity index (χ3n) is 2.47. The van der Waals surface area contributed by atoms with Crippen LogP contribution in [0.25, 0.3) is 0 Å². The van der Waals surface area contributed by atoms with Gasteiger partial charge in [-0.3, -0.25) is 9.71 Å². The summed E-state index contributed by atoms with van der Waals surface area (Å²) < 4.78 is 40.0. The van der Waals surface area contributed by atoms with Crippen LogP contribution < -0.4 is 10.5 Å². The monoisotopic (exact) mass is 292 g/mol. The number of aromatic nitrogens is 1. The number of nitriles is 1. The number of halogens is 1. The summed E-state index contributed by atoms with van der Waals surface area (Å²) in [7, 11) is -4.12. The Hall–Kier alpha value is -2.66. The summed E-state index contributed by atoms with van der Waals surface area (Å²) in [5.41, 5.74) is 5.25. The number of nitrogens with one attached hydrogen (secondary N) is 1. The number of benzene rings is 1. The zero-order chi connectivity index (χ0) is 14.8. The third kappa shape index (κ3) is 2.53. The molecule has 2 rings (SSSR count). The number of pyridine rings is 1. The van der Waals surface area contributed by atoms with Crippen molar-refractivity contribution in [2.75, 3.05) is 10.5 Å². The molecule has 1 heterocycles. The lowest BCUT2D eigenvalue weighted by Crippen LogP contribution is -2.16. The minimum absolute atomic E-state index is 0.105. The summed E-state index contributed by atoms with van der Waals surface area (Å²) in [5.74, 6) is -0.905. The van der Waals surface area contributed by atoms with Gasteiger partial charge in [0.05, 0.1) is 17.6 Å². The van der Waals surface area contributed by atoms with E-state index in [0.29, 0.717) is 0 Å². The normalized spacial score (nSPS) is 10.8. The average Bonchev–Trinajstić information content (AvgIpc) is 2.41. The van der Waals surface area contributed by atoms with Crippen molar-refractivity contribution in [3.8, 4) is 6.07 Å². The zero-order valence-electron chi connectivity index (χ0n) is 10.0. The Balaban J connectivity index is 2.50. The van der Waals surface area contributed by atoms with Gasteiger partial charge in [0, 0.05) is 6.20 Å². The quantitative estimate of drug-likeness (QED) is 0.890. The summed E-state index contributed by atoms with van der Waals surface area (Å²) in [4.78, 5) is 3.28. The molecule has 0 bridgehead atoms. The molecule has 0 aliphatic carbocycles. The number of nitrogens with two attached hydrogens (primary N) is 1. The van der Waals surface area contributed by atoms with Crippen LogP contribution in [-0.2, 0) is 10.0 Å². The Morgan fingerprint density at radius 1 is 1.35 bits per heavy atom. The van der Waals surface area contributed by atoms with Crippen molar-refractivity contribution in [2.24, 2.45) is 0 Å². The van der Waals surface area contributed by atoms with E-state index in [1.165, 1.54) is 30.6 Å². The van der Waals surface area contributed by atoms with Crippen molar-refractivity contribution in [3.63, 3.8) is 0 Å². The molecule has 0 atom stereocenters. The van der Waals surface area contributed by atoms with Crippen LogP contribution in [-0.4, -0.2) is 13.4 Å². The first-order valence-corrected chi connectivity index (χ1v) is 6.85. The van der Waals surface area contributed by atoms with E-state index in [-0.39, 0.29) is 11.4 Å². The SMILES string of the molecule is N#Cc1c(F)cccc1S(=O)(=O)Nc1ccncc1N. The molecule has 1 aromatic carbocycles. The van der Waals surface area contributed by atoms with E-state index in [9.17, 15) is 12.8 Å². The second-order valence-corrected chi connectivity index (χ2v) is 5.44. The second kappa shape index (κ2) is 5.14. The lowest BCUT2D eigenvalue weighted by atomic mass is 10.2. The van der Waals surface area contributed by atoms with Crippen LogP contribution >= 0.6 is 0 Å².